The molecule has 0 saturated carbocycles. The molecule has 7 nitrogen and oxygen atoms in total. The summed E-state index contributed by atoms with van der Waals surface area (Å²) in [6, 6.07) is 28.9. The van der Waals surface area contributed by atoms with Crippen molar-refractivity contribution in [2.24, 2.45) is 0 Å². The minimum absolute atomic E-state index is 0.255. The predicted molar refractivity (Wildman–Crippen MR) is 144 cm³/mol. The Balaban J connectivity index is 1.73. The molecular formula is C31H27NO6. The molecule has 192 valence electrons. The first-order valence-corrected chi connectivity index (χ1v) is 11.9. The minimum Gasteiger partial charge on any atom is -0.497 e. The van der Waals surface area contributed by atoms with Crippen molar-refractivity contribution >= 4 is 23.5 Å². The van der Waals surface area contributed by atoms with Crippen molar-refractivity contribution in [1.82, 2.24) is 0 Å². The lowest BCUT2D eigenvalue weighted by molar-refractivity contribution is -0.132. The third-order valence-electron chi connectivity index (χ3n) is 5.82. The first kappa shape index (κ1) is 26.2. The van der Waals surface area contributed by atoms with Crippen molar-refractivity contribution in [3.8, 4) is 17.2 Å². The summed E-state index contributed by atoms with van der Waals surface area (Å²) in [7, 11) is 1.57. The average Bonchev–Trinajstić information content (AvgIpc) is 2.91. The number of nitrogens with one attached hydrogen (secondary N) is 1. The van der Waals surface area contributed by atoms with E-state index in [-0.39, 0.29) is 11.8 Å². The number of carbonyl (C=O) groups excluding carboxylic acids is 3. The number of methoxy groups -OCH3 is 1. The third-order valence-corrected chi connectivity index (χ3v) is 5.82. The van der Waals surface area contributed by atoms with Gasteiger partial charge in [-0.1, -0.05) is 42.5 Å². The molecule has 0 fully saturated rings. The summed E-state index contributed by atoms with van der Waals surface area (Å²) in [5.74, 6) is 0.187. The molecule has 1 N–H and O–H groups in total. The van der Waals surface area contributed by atoms with Gasteiger partial charge in [0, 0.05) is 31.0 Å². The number of anilines is 1. The highest BCUT2D eigenvalue weighted by molar-refractivity contribution is 6.04. The topological polar surface area (TPSA) is 90.9 Å². The Morgan fingerprint density at radius 2 is 1.11 bits per heavy atom. The van der Waals surface area contributed by atoms with Crippen LogP contribution in [0.2, 0.25) is 0 Å². The fourth-order valence-corrected chi connectivity index (χ4v) is 4.14. The Morgan fingerprint density at radius 1 is 0.632 bits per heavy atom. The number of esters is 2. The van der Waals surface area contributed by atoms with Crippen LogP contribution < -0.4 is 19.5 Å². The average molecular weight is 510 g/mol. The van der Waals surface area contributed by atoms with Crippen molar-refractivity contribution in [2.75, 3.05) is 12.4 Å². The SMILES string of the molecule is COc1ccc(C(=O)Nc2ccccc2C(c2ccc(OC(C)=O)cc2)c2ccc(OC(C)=O)cc2)cc1. The van der Waals surface area contributed by atoms with E-state index < -0.39 is 11.9 Å². The summed E-state index contributed by atoms with van der Waals surface area (Å²) in [6.07, 6.45) is 0. The quantitative estimate of drug-likeness (QED) is 0.179. The number of hydrogen-bond donors (Lipinski definition) is 1. The molecule has 0 aliphatic carbocycles. The molecule has 1 amide bonds. The van der Waals surface area contributed by atoms with Gasteiger partial charge >= 0.3 is 11.9 Å². The van der Waals surface area contributed by atoms with Gasteiger partial charge in [0.05, 0.1) is 7.11 Å². The Bertz CT molecular complexity index is 1370. The van der Waals surface area contributed by atoms with Gasteiger partial charge in [0.1, 0.15) is 17.2 Å². The van der Waals surface area contributed by atoms with Gasteiger partial charge in [-0.3, -0.25) is 14.4 Å². The highest BCUT2D eigenvalue weighted by Gasteiger charge is 2.21. The summed E-state index contributed by atoms with van der Waals surface area (Å²) in [5, 5.41) is 3.04. The van der Waals surface area contributed by atoms with E-state index in [1.807, 2.05) is 48.5 Å². The van der Waals surface area contributed by atoms with Gasteiger partial charge in [-0.2, -0.15) is 0 Å². The Morgan fingerprint density at radius 3 is 1.58 bits per heavy atom. The normalized spacial score (nSPS) is 10.5. The zero-order valence-corrected chi connectivity index (χ0v) is 21.3. The maximum absolute atomic E-state index is 13.1. The largest absolute Gasteiger partial charge is 0.497 e. The van der Waals surface area contributed by atoms with Crippen molar-refractivity contribution < 1.29 is 28.6 Å². The van der Waals surface area contributed by atoms with E-state index >= 15 is 0 Å². The fraction of sp³-hybridized carbons (Fsp3) is 0.129. The molecular weight excluding hydrogens is 482 g/mol. The van der Waals surface area contributed by atoms with Crippen LogP contribution in [0, 0.1) is 0 Å². The van der Waals surface area contributed by atoms with E-state index in [1.54, 1.807) is 55.6 Å². The molecule has 0 saturated heterocycles. The van der Waals surface area contributed by atoms with Crippen molar-refractivity contribution in [3.63, 3.8) is 0 Å². The van der Waals surface area contributed by atoms with Crippen LogP contribution in [0.4, 0.5) is 5.69 Å². The van der Waals surface area contributed by atoms with Crippen LogP contribution in [-0.2, 0) is 9.59 Å². The molecule has 0 aromatic heterocycles. The van der Waals surface area contributed by atoms with E-state index in [4.69, 9.17) is 14.2 Å². The Labute approximate surface area is 221 Å². The molecule has 4 aromatic carbocycles. The maximum atomic E-state index is 13.1. The van der Waals surface area contributed by atoms with Crippen molar-refractivity contribution in [1.29, 1.82) is 0 Å². The molecule has 0 aliphatic rings. The predicted octanol–water partition coefficient (Wildman–Crippen LogP) is 5.98. The second kappa shape index (κ2) is 11.9. The lowest BCUT2D eigenvalue weighted by atomic mass is 9.84. The zero-order chi connectivity index (χ0) is 27.1. The number of carbonyl (C=O) groups is 3. The number of benzene rings is 4. The molecule has 0 spiro atoms. The molecule has 0 bridgehead atoms. The van der Waals surface area contributed by atoms with E-state index in [1.165, 1.54) is 13.8 Å². The van der Waals surface area contributed by atoms with Crippen LogP contribution in [0.3, 0.4) is 0 Å². The van der Waals surface area contributed by atoms with Crippen LogP contribution in [-0.4, -0.2) is 25.0 Å². The summed E-state index contributed by atoms with van der Waals surface area (Å²) in [5.41, 5.74) is 3.81. The lowest BCUT2D eigenvalue weighted by Crippen LogP contribution is -2.15. The summed E-state index contributed by atoms with van der Waals surface area (Å²) in [6.45, 7) is 2.70. The highest BCUT2D eigenvalue weighted by Crippen LogP contribution is 2.37. The summed E-state index contributed by atoms with van der Waals surface area (Å²) < 4.78 is 15.6. The van der Waals surface area contributed by atoms with Crippen molar-refractivity contribution in [3.05, 3.63) is 119 Å². The monoisotopic (exact) mass is 509 g/mol. The maximum Gasteiger partial charge on any atom is 0.308 e. The second-order valence-corrected chi connectivity index (χ2v) is 8.53. The minimum atomic E-state index is -0.401. The van der Waals surface area contributed by atoms with Gasteiger partial charge in [-0.05, 0) is 71.3 Å². The fourth-order valence-electron chi connectivity index (χ4n) is 4.14. The molecule has 4 aromatic rings. The van der Waals surface area contributed by atoms with E-state index in [9.17, 15) is 14.4 Å². The molecule has 38 heavy (non-hydrogen) atoms. The van der Waals surface area contributed by atoms with E-state index in [2.05, 4.69) is 5.32 Å². The molecule has 4 rings (SSSR count). The lowest BCUT2D eigenvalue weighted by Gasteiger charge is -2.23. The summed E-state index contributed by atoms with van der Waals surface area (Å²) in [4.78, 5) is 35.9. The van der Waals surface area contributed by atoms with Crippen molar-refractivity contribution in [2.45, 2.75) is 19.8 Å². The Hall–Kier alpha value is -4.91. The number of amides is 1. The first-order valence-electron chi connectivity index (χ1n) is 11.9. The molecule has 0 radical (unpaired) electrons. The van der Waals surface area contributed by atoms with Crippen LogP contribution >= 0.6 is 0 Å². The van der Waals surface area contributed by atoms with Gasteiger partial charge in [0.2, 0.25) is 0 Å². The smallest absolute Gasteiger partial charge is 0.308 e. The molecule has 0 atom stereocenters. The van der Waals surface area contributed by atoms with E-state index in [0.29, 0.717) is 28.5 Å². The standard InChI is InChI=1S/C31H27NO6/c1-20(33)37-26-16-8-22(9-17-26)30(23-10-18-27(19-11-23)38-21(2)34)28-6-4-5-7-29(28)32-31(35)24-12-14-25(36-3)15-13-24/h4-19,30H,1-3H3,(H,32,35). The van der Waals surface area contributed by atoms with E-state index in [0.717, 1.165) is 16.7 Å². The summed E-state index contributed by atoms with van der Waals surface area (Å²) >= 11 is 0. The van der Waals surface area contributed by atoms with Crippen LogP contribution in [0.1, 0.15) is 46.8 Å². The molecule has 0 aliphatic heterocycles. The third kappa shape index (κ3) is 6.44. The molecule has 7 heteroatoms. The second-order valence-electron chi connectivity index (χ2n) is 8.53. The van der Waals surface area contributed by atoms with Crippen LogP contribution in [0.25, 0.3) is 0 Å². The van der Waals surface area contributed by atoms with Gasteiger partial charge in [-0.15, -0.1) is 0 Å². The zero-order valence-electron chi connectivity index (χ0n) is 21.3. The number of ether oxygens (including phenoxy) is 3. The Kier molecular flexibility index (Phi) is 8.18. The van der Waals surface area contributed by atoms with Gasteiger partial charge in [0.15, 0.2) is 0 Å². The number of para-hydroxylation sites is 1. The highest BCUT2D eigenvalue weighted by atomic mass is 16.5. The molecule has 0 heterocycles. The van der Waals surface area contributed by atoms with Gasteiger partial charge in [-0.25, -0.2) is 0 Å². The van der Waals surface area contributed by atoms with Crippen LogP contribution in [0.15, 0.2) is 97.1 Å². The molecule has 0 unspecified atom stereocenters. The number of rotatable bonds is 8. The van der Waals surface area contributed by atoms with Gasteiger partial charge in [0.25, 0.3) is 5.91 Å². The first-order chi connectivity index (χ1) is 18.3. The van der Waals surface area contributed by atoms with Crippen LogP contribution in [0.5, 0.6) is 17.2 Å². The van der Waals surface area contributed by atoms with Gasteiger partial charge < -0.3 is 19.5 Å². The number of hydrogen-bond acceptors (Lipinski definition) is 6.